The first kappa shape index (κ1) is 14.6. The Labute approximate surface area is 134 Å². The van der Waals surface area contributed by atoms with Crippen LogP contribution in [0.5, 0.6) is 5.75 Å². The molecule has 1 aliphatic rings. The first-order chi connectivity index (χ1) is 10.2. The van der Waals surface area contributed by atoms with Gasteiger partial charge in [0.1, 0.15) is 12.4 Å². The first-order valence-electron chi connectivity index (χ1n) is 7.40. The van der Waals surface area contributed by atoms with Crippen molar-refractivity contribution in [1.29, 1.82) is 0 Å². The van der Waals surface area contributed by atoms with E-state index in [-0.39, 0.29) is 0 Å². The lowest BCUT2D eigenvalue weighted by molar-refractivity contribution is 0.300. The van der Waals surface area contributed by atoms with Gasteiger partial charge in [-0.25, -0.2) is 0 Å². The van der Waals surface area contributed by atoms with Crippen molar-refractivity contribution in [2.75, 3.05) is 0 Å². The second kappa shape index (κ2) is 6.20. The molecular formula is C18H20BrNO. The quantitative estimate of drug-likeness (QED) is 0.897. The van der Waals surface area contributed by atoms with Crippen molar-refractivity contribution in [2.45, 2.75) is 39.3 Å². The maximum Gasteiger partial charge on any atom is 0.127 e. The molecule has 0 bridgehead atoms. The number of rotatable bonds is 4. The van der Waals surface area contributed by atoms with Gasteiger partial charge < -0.3 is 10.5 Å². The van der Waals surface area contributed by atoms with E-state index < -0.39 is 0 Å². The van der Waals surface area contributed by atoms with Crippen molar-refractivity contribution in [3.63, 3.8) is 0 Å². The molecule has 3 heteroatoms. The molecule has 0 atom stereocenters. The number of nitrogens with two attached hydrogens (primary N) is 1. The van der Waals surface area contributed by atoms with Gasteiger partial charge >= 0.3 is 0 Å². The second-order valence-corrected chi connectivity index (χ2v) is 6.58. The summed E-state index contributed by atoms with van der Waals surface area (Å²) >= 11 is 3.51. The standard InChI is InChI=1S/C18H20BrNO/c1-12-7-17(19)9-16(10-20)18(12)21-11-13-5-6-14-3-2-4-15(14)8-13/h5-9H,2-4,10-11,20H2,1H3. The number of aryl methyl sites for hydroxylation is 3. The molecule has 2 N–H and O–H groups in total. The molecule has 0 aromatic heterocycles. The number of fused-ring (bicyclic) bond motifs is 1. The van der Waals surface area contributed by atoms with Crippen LogP contribution in [0.25, 0.3) is 0 Å². The molecule has 110 valence electrons. The SMILES string of the molecule is Cc1cc(Br)cc(CN)c1OCc1ccc2c(c1)CCC2. The van der Waals surface area contributed by atoms with Crippen LogP contribution in [0.2, 0.25) is 0 Å². The highest BCUT2D eigenvalue weighted by Gasteiger charge is 2.12. The van der Waals surface area contributed by atoms with Crippen molar-refractivity contribution in [3.8, 4) is 5.75 Å². The molecule has 1 aliphatic carbocycles. The minimum Gasteiger partial charge on any atom is -0.488 e. The van der Waals surface area contributed by atoms with E-state index in [1.807, 2.05) is 6.07 Å². The van der Waals surface area contributed by atoms with Crippen LogP contribution in [-0.2, 0) is 26.0 Å². The maximum absolute atomic E-state index is 6.06. The van der Waals surface area contributed by atoms with Crippen molar-refractivity contribution < 1.29 is 4.74 Å². The Morgan fingerprint density at radius 1 is 1.14 bits per heavy atom. The van der Waals surface area contributed by atoms with Gasteiger partial charge in [-0.1, -0.05) is 34.1 Å². The summed E-state index contributed by atoms with van der Waals surface area (Å²) in [6.07, 6.45) is 3.71. The van der Waals surface area contributed by atoms with Gasteiger partial charge in [-0.3, -0.25) is 0 Å². The Kier molecular flexibility index (Phi) is 4.32. The summed E-state index contributed by atoms with van der Waals surface area (Å²) in [5.74, 6) is 0.918. The molecule has 0 radical (unpaired) electrons. The van der Waals surface area contributed by atoms with Crippen molar-refractivity contribution in [3.05, 3.63) is 62.6 Å². The summed E-state index contributed by atoms with van der Waals surface area (Å²) in [5, 5.41) is 0. The molecule has 3 rings (SSSR count). The molecular weight excluding hydrogens is 326 g/mol. The number of hydrogen-bond donors (Lipinski definition) is 1. The fraction of sp³-hybridized carbons (Fsp3) is 0.333. The normalized spacial score (nSPS) is 13.3. The summed E-state index contributed by atoms with van der Waals surface area (Å²) in [4.78, 5) is 0. The average Bonchev–Trinajstić information content (AvgIpc) is 2.93. The zero-order chi connectivity index (χ0) is 14.8. The molecule has 0 unspecified atom stereocenters. The highest BCUT2D eigenvalue weighted by Crippen LogP contribution is 2.29. The predicted molar refractivity (Wildman–Crippen MR) is 89.6 cm³/mol. The lowest BCUT2D eigenvalue weighted by Gasteiger charge is -2.14. The van der Waals surface area contributed by atoms with Gasteiger partial charge in [0.2, 0.25) is 0 Å². The number of hydrogen-bond acceptors (Lipinski definition) is 2. The third-order valence-electron chi connectivity index (χ3n) is 4.08. The van der Waals surface area contributed by atoms with Crippen LogP contribution in [0.1, 0.15) is 34.2 Å². The summed E-state index contributed by atoms with van der Waals surface area (Å²) in [6.45, 7) is 3.14. The average molecular weight is 346 g/mol. The summed E-state index contributed by atoms with van der Waals surface area (Å²) in [5.41, 5.74) is 12.2. The van der Waals surface area contributed by atoms with E-state index in [1.54, 1.807) is 0 Å². The van der Waals surface area contributed by atoms with Crippen molar-refractivity contribution in [2.24, 2.45) is 5.73 Å². The largest absolute Gasteiger partial charge is 0.488 e. The van der Waals surface area contributed by atoms with E-state index in [0.29, 0.717) is 13.2 Å². The molecule has 0 fully saturated rings. The van der Waals surface area contributed by atoms with Crippen LogP contribution in [0.3, 0.4) is 0 Å². The number of ether oxygens (including phenoxy) is 1. The summed E-state index contributed by atoms with van der Waals surface area (Å²) < 4.78 is 7.11. The molecule has 0 aliphatic heterocycles. The predicted octanol–water partition coefficient (Wildman–Crippen LogP) is 4.28. The van der Waals surface area contributed by atoms with E-state index in [4.69, 9.17) is 10.5 Å². The van der Waals surface area contributed by atoms with E-state index in [2.05, 4.69) is 47.1 Å². The van der Waals surface area contributed by atoms with Crippen LogP contribution in [0.4, 0.5) is 0 Å². The molecule has 2 nitrogen and oxygen atoms in total. The second-order valence-electron chi connectivity index (χ2n) is 5.66. The van der Waals surface area contributed by atoms with Gasteiger partial charge in [0, 0.05) is 16.6 Å². The van der Waals surface area contributed by atoms with Crippen LogP contribution in [-0.4, -0.2) is 0 Å². The molecule has 2 aromatic rings. The van der Waals surface area contributed by atoms with Gasteiger partial charge in [0.05, 0.1) is 0 Å². The zero-order valence-electron chi connectivity index (χ0n) is 12.3. The number of benzene rings is 2. The first-order valence-corrected chi connectivity index (χ1v) is 8.19. The highest BCUT2D eigenvalue weighted by atomic mass is 79.9. The lowest BCUT2D eigenvalue weighted by atomic mass is 10.1. The Hall–Kier alpha value is -1.32. The van der Waals surface area contributed by atoms with Gasteiger partial charge in [-0.2, -0.15) is 0 Å². The van der Waals surface area contributed by atoms with E-state index in [0.717, 1.165) is 21.3 Å². The van der Waals surface area contributed by atoms with Gasteiger partial charge in [0.25, 0.3) is 0 Å². The Balaban J connectivity index is 1.79. The fourth-order valence-electron chi connectivity index (χ4n) is 3.03. The van der Waals surface area contributed by atoms with Crippen LogP contribution < -0.4 is 10.5 Å². The van der Waals surface area contributed by atoms with Crippen molar-refractivity contribution in [1.82, 2.24) is 0 Å². The van der Waals surface area contributed by atoms with Crippen molar-refractivity contribution >= 4 is 15.9 Å². The lowest BCUT2D eigenvalue weighted by Crippen LogP contribution is -2.05. The molecule has 0 spiro atoms. The molecule has 0 saturated heterocycles. The monoisotopic (exact) mass is 345 g/mol. The van der Waals surface area contributed by atoms with E-state index in [1.165, 1.54) is 36.0 Å². The zero-order valence-corrected chi connectivity index (χ0v) is 13.9. The Bertz CT molecular complexity index is 667. The number of halogens is 1. The van der Waals surface area contributed by atoms with Gasteiger partial charge in [-0.05, 0) is 60.6 Å². The van der Waals surface area contributed by atoms with Crippen LogP contribution in [0.15, 0.2) is 34.8 Å². The van der Waals surface area contributed by atoms with Gasteiger partial charge in [-0.15, -0.1) is 0 Å². The summed E-state index contributed by atoms with van der Waals surface area (Å²) in [7, 11) is 0. The molecule has 0 amide bonds. The minimum absolute atomic E-state index is 0.486. The maximum atomic E-state index is 6.06. The van der Waals surface area contributed by atoms with Gasteiger partial charge in [0.15, 0.2) is 0 Å². The summed E-state index contributed by atoms with van der Waals surface area (Å²) in [6, 6.07) is 10.8. The molecule has 0 saturated carbocycles. The van der Waals surface area contributed by atoms with Crippen LogP contribution in [0, 0.1) is 6.92 Å². The fourth-order valence-corrected chi connectivity index (χ4v) is 3.65. The Morgan fingerprint density at radius 2 is 1.95 bits per heavy atom. The third-order valence-corrected chi connectivity index (χ3v) is 4.54. The minimum atomic E-state index is 0.486. The highest BCUT2D eigenvalue weighted by molar-refractivity contribution is 9.10. The molecule has 21 heavy (non-hydrogen) atoms. The molecule has 2 aromatic carbocycles. The smallest absolute Gasteiger partial charge is 0.127 e. The van der Waals surface area contributed by atoms with E-state index in [9.17, 15) is 0 Å². The molecule has 0 heterocycles. The van der Waals surface area contributed by atoms with Crippen LogP contribution >= 0.6 is 15.9 Å². The third kappa shape index (κ3) is 3.14. The topological polar surface area (TPSA) is 35.2 Å². The van der Waals surface area contributed by atoms with E-state index >= 15 is 0 Å². The Morgan fingerprint density at radius 3 is 2.76 bits per heavy atom.